The minimum Gasteiger partial charge on any atom is -0.365 e. The highest BCUT2D eigenvalue weighted by Gasteiger charge is 1.87. The van der Waals surface area contributed by atoms with E-state index in [1.807, 2.05) is 5.48 Å². The summed E-state index contributed by atoms with van der Waals surface area (Å²) in [7, 11) is 1.51. The van der Waals surface area contributed by atoms with Crippen LogP contribution in [0.5, 0.6) is 0 Å². The second-order valence-electron chi connectivity index (χ2n) is 1.01. The highest BCUT2D eigenvalue weighted by Crippen LogP contribution is 1.73. The van der Waals surface area contributed by atoms with Gasteiger partial charge < -0.3 is 9.94 Å². The van der Waals surface area contributed by atoms with Crippen LogP contribution < -0.4 is 5.48 Å². The first-order valence-corrected chi connectivity index (χ1v) is 1.73. The smallest absolute Gasteiger partial charge is 0.126 e. The molecule has 0 saturated heterocycles. The van der Waals surface area contributed by atoms with Crippen molar-refractivity contribution < 1.29 is 9.94 Å². The summed E-state index contributed by atoms with van der Waals surface area (Å²) in [5.41, 5.74) is 1.89. The molecule has 3 nitrogen and oxygen atoms in total. The van der Waals surface area contributed by atoms with E-state index >= 15 is 0 Å². The first-order valence-electron chi connectivity index (χ1n) is 1.73. The Labute approximate surface area is 36.9 Å². The largest absolute Gasteiger partial charge is 0.365 e. The Kier molecular flexibility index (Phi) is 3.02. The molecule has 0 spiro atoms. The quantitative estimate of drug-likeness (QED) is 0.370. The molecule has 0 aliphatic rings. The van der Waals surface area contributed by atoms with E-state index in [9.17, 15) is 0 Å². The van der Waals surface area contributed by atoms with E-state index in [1.165, 1.54) is 7.11 Å². The number of rotatable bonds is 2. The van der Waals surface area contributed by atoms with Crippen LogP contribution in [0.1, 0.15) is 6.92 Å². The summed E-state index contributed by atoms with van der Waals surface area (Å²) in [6.07, 6.45) is -0.259. The lowest BCUT2D eigenvalue weighted by Crippen LogP contribution is -2.23. The lowest BCUT2D eigenvalue weighted by Gasteiger charge is -2.02. The number of methoxy groups -OCH3 is 1. The third kappa shape index (κ3) is 2.14. The standard InChI is InChI=1S/C3H9NO2/c1-3(4-5)6-2/h3-5H,1-2H3. The molecule has 0 aromatic carbocycles. The number of hydroxylamine groups is 1. The molecule has 0 aliphatic heterocycles. The predicted octanol–water partition coefficient (Wildman–Crippen LogP) is -0.0424. The van der Waals surface area contributed by atoms with Crippen molar-refractivity contribution in [3.63, 3.8) is 0 Å². The van der Waals surface area contributed by atoms with Gasteiger partial charge in [0.05, 0.1) is 0 Å². The molecule has 0 heterocycles. The third-order valence-electron chi connectivity index (χ3n) is 0.535. The monoisotopic (exact) mass is 91.1 g/mol. The van der Waals surface area contributed by atoms with Crippen LogP contribution in [0.3, 0.4) is 0 Å². The summed E-state index contributed by atoms with van der Waals surface area (Å²) >= 11 is 0. The Hall–Kier alpha value is -0.120. The topological polar surface area (TPSA) is 41.5 Å². The number of hydrogen-bond acceptors (Lipinski definition) is 3. The number of hydrogen-bond donors (Lipinski definition) is 2. The van der Waals surface area contributed by atoms with Gasteiger partial charge in [-0.05, 0) is 6.92 Å². The summed E-state index contributed by atoms with van der Waals surface area (Å²) in [5.74, 6) is 0. The van der Waals surface area contributed by atoms with Crippen molar-refractivity contribution in [1.29, 1.82) is 0 Å². The number of ether oxygens (including phenoxy) is 1. The van der Waals surface area contributed by atoms with Crippen molar-refractivity contribution >= 4 is 0 Å². The van der Waals surface area contributed by atoms with Gasteiger partial charge in [-0.2, -0.15) is 5.48 Å². The molecular formula is C3H9NO2. The summed E-state index contributed by atoms with van der Waals surface area (Å²) in [5, 5.41) is 7.96. The van der Waals surface area contributed by atoms with Gasteiger partial charge in [-0.15, -0.1) is 0 Å². The van der Waals surface area contributed by atoms with Crippen molar-refractivity contribution in [3.8, 4) is 0 Å². The molecule has 0 rings (SSSR count). The van der Waals surface area contributed by atoms with Gasteiger partial charge in [0.2, 0.25) is 0 Å². The molecule has 0 bridgehead atoms. The second-order valence-corrected chi connectivity index (χ2v) is 1.01. The van der Waals surface area contributed by atoms with Crippen LogP contribution in [0, 0.1) is 0 Å². The average Bonchev–Trinajstić information content (AvgIpc) is 1.65. The average molecular weight is 91.1 g/mol. The van der Waals surface area contributed by atoms with Crippen molar-refractivity contribution in [2.45, 2.75) is 13.2 Å². The zero-order chi connectivity index (χ0) is 4.99. The van der Waals surface area contributed by atoms with E-state index in [0.29, 0.717) is 0 Å². The minimum absolute atomic E-state index is 0.259. The van der Waals surface area contributed by atoms with E-state index in [1.54, 1.807) is 6.92 Å². The Morgan fingerprint density at radius 3 is 2.33 bits per heavy atom. The Bertz CT molecular complexity index is 28.0. The molecule has 1 unspecified atom stereocenters. The van der Waals surface area contributed by atoms with Crippen LogP contribution in [-0.2, 0) is 4.74 Å². The van der Waals surface area contributed by atoms with Crippen LogP contribution in [0.4, 0.5) is 0 Å². The van der Waals surface area contributed by atoms with E-state index in [4.69, 9.17) is 5.21 Å². The van der Waals surface area contributed by atoms with Crippen LogP contribution in [-0.4, -0.2) is 18.5 Å². The molecule has 38 valence electrons. The van der Waals surface area contributed by atoms with E-state index in [0.717, 1.165) is 0 Å². The van der Waals surface area contributed by atoms with Crippen LogP contribution in [0.15, 0.2) is 0 Å². The zero-order valence-corrected chi connectivity index (χ0v) is 3.93. The summed E-state index contributed by atoms with van der Waals surface area (Å²) < 4.78 is 4.54. The zero-order valence-electron chi connectivity index (χ0n) is 3.93. The van der Waals surface area contributed by atoms with E-state index in [2.05, 4.69) is 4.74 Å². The maximum absolute atomic E-state index is 7.96. The van der Waals surface area contributed by atoms with Gasteiger partial charge >= 0.3 is 0 Å². The molecule has 1 atom stereocenters. The van der Waals surface area contributed by atoms with Gasteiger partial charge in [-0.3, -0.25) is 0 Å². The van der Waals surface area contributed by atoms with Crippen LogP contribution >= 0.6 is 0 Å². The fourth-order valence-electron chi connectivity index (χ4n) is 0.0527. The van der Waals surface area contributed by atoms with Crippen molar-refractivity contribution in [2.75, 3.05) is 7.11 Å². The van der Waals surface area contributed by atoms with Gasteiger partial charge in [0, 0.05) is 7.11 Å². The fourth-order valence-corrected chi connectivity index (χ4v) is 0.0527. The number of nitrogens with one attached hydrogen (secondary N) is 1. The van der Waals surface area contributed by atoms with E-state index in [-0.39, 0.29) is 6.23 Å². The minimum atomic E-state index is -0.259. The highest BCUT2D eigenvalue weighted by atomic mass is 16.6. The van der Waals surface area contributed by atoms with Gasteiger partial charge in [-0.1, -0.05) is 0 Å². The van der Waals surface area contributed by atoms with Gasteiger partial charge in [0.1, 0.15) is 6.23 Å². The molecule has 0 aromatic heterocycles. The Morgan fingerprint density at radius 1 is 1.83 bits per heavy atom. The first kappa shape index (κ1) is 5.88. The van der Waals surface area contributed by atoms with Crippen molar-refractivity contribution in [2.24, 2.45) is 0 Å². The van der Waals surface area contributed by atoms with E-state index < -0.39 is 0 Å². The summed E-state index contributed by atoms with van der Waals surface area (Å²) in [4.78, 5) is 0. The predicted molar refractivity (Wildman–Crippen MR) is 21.4 cm³/mol. The molecule has 0 amide bonds. The third-order valence-corrected chi connectivity index (χ3v) is 0.535. The van der Waals surface area contributed by atoms with Gasteiger partial charge in [-0.25, -0.2) is 0 Å². The SMILES string of the molecule is COC(C)NO. The molecule has 0 aromatic rings. The van der Waals surface area contributed by atoms with Crippen molar-refractivity contribution in [3.05, 3.63) is 0 Å². The van der Waals surface area contributed by atoms with Crippen LogP contribution in [0.2, 0.25) is 0 Å². The van der Waals surface area contributed by atoms with Gasteiger partial charge in [0.15, 0.2) is 0 Å². The lowest BCUT2D eigenvalue weighted by molar-refractivity contribution is -0.0160. The molecule has 0 radical (unpaired) electrons. The molecule has 3 heteroatoms. The molecule has 0 aliphatic carbocycles. The molecule has 0 fully saturated rings. The molecule has 6 heavy (non-hydrogen) atoms. The highest BCUT2D eigenvalue weighted by molar-refractivity contribution is 4.26. The maximum Gasteiger partial charge on any atom is 0.126 e. The first-order chi connectivity index (χ1) is 2.81. The fraction of sp³-hybridized carbons (Fsp3) is 1.00. The molecular weight excluding hydrogens is 82.0 g/mol. The summed E-state index contributed by atoms with van der Waals surface area (Å²) in [6, 6.07) is 0. The van der Waals surface area contributed by atoms with Crippen molar-refractivity contribution in [1.82, 2.24) is 5.48 Å². The Morgan fingerprint density at radius 2 is 2.33 bits per heavy atom. The molecule has 2 N–H and O–H groups in total. The molecule has 0 saturated carbocycles. The lowest BCUT2D eigenvalue weighted by atomic mass is 10.7. The summed E-state index contributed by atoms with van der Waals surface area (Å²) in [6.45, 7) is 1.69. The van der Waals surface area contributed by atoms with Crippen LogP contribution in [0.25, 0.3) is 0 Å². The Balaban J connectivity index is 2.75. The normalized spacial score (nSPS) is 14.5. The second kappa shape index (κ2) is 3.08. The maximum atomic E-state index is 7.96. The van der Waals surface area contributed by atoms with Gasteiger partial charge in [0.25, 0.3) is 0 Å².